The number of esters is 1. The standard InChI is InChI=1S/C25H23ClFN5O3/c1-34-9-3-8-28-23-19(14-30-25(32-23)31-18-5-6-21(27)20(26)12-18)15-4-7-22-16(10-15)11-17(13-29-22)24(33)35-2/h4-7,10-14H,3,8-9H2,1-2H3,(H2,28,30,31,32). The third-order valence-corrected chi connectivity index (χ3v) is 5.49. The predicted molar refractivity (Wildman–Crippen MR) is 134 cm³/mol. The molecular formula is C25H23ClFN5O3. The minimum Gasteiger partial charge on any atom is -0.465 e. The van der Waals surface area contributed by atoms with Crippen LogP contribution in [0.5, 0.6) is 0 Å². The first-order chi connectivity index (χ1) is 17.0. The summed E-state index contributed by atoms with van der Waals surface area (Å²) in [6.07, 6.45) is 3.96. The molecule has 2 aromatic heterocycles. The van der Waals surface area contributed by atoms with Gasteiger partial charge < -0.3 is 20.1 Å². The first-order valence-corrected chi connectivity index (χ1v) is 11.2. The van der Waals surface area contributed by atoms with E-state index in [0.717, 1.165) is 28.5 Å². The van der Waals surface area contributed by atoms with Gasteiger partial charge in [0.2, 0.25) is 5.95 Å². The van der Waals surface area contributed by atoms with E-state index in [-0.39, 0.29) is 5.02 Å². The van der Waals surface area contributed by atoms with E-state index in [1.807, 2.05) is 18.2 Å². The average molecular weight is 496 g/mol. The molecule has 0 bridgehead atoms. The van der Waals surface area contributed by atoms with Crippen LogP contribution in [0.3, 0.4) is 0 Å². The van der Waals surface area contributed by atoms with Crippen LogP contribution in [0, 0.1) is 5.82 Å². The van der Waals surface area contributed by atoms with Crippen molar-refractivity contribution in [3.63, 3.8) is 0 Å². The second-order valence-electron chi connectivity index (χ2n) is 7.61. The molecule has 2 N–H and O–H groups in total. The molecule has 0 aliphatic rings. The van der Waals surface area contributed by atoms with Crippen LogP contribution >= 0.6 is 11.6 Å². The van der Waals surface area contributed by atoms with Gasteiger partial charge in [0.05, 0.1) is 23.2 Å². The molecule has 0 amide bonds. The van der Waals surface area contributed by atoms with Crippen LogP contribution in [0.1, 0.15) is 16.8 Å². The Labute approximate surface area is 206 Å². The fourth-order valence-corrected chi connectivity index (χ4v) is 3.62. The van der Waals surface area contributed by atoms with E-state index in [2.05, 4.69) is 25.6 Å². The lowest BCUT2D eigenvalue weighted by atomic mass is 10.0. The molecule has 0 radical (unpaired) electrons. The van der Waals surface area contributed by atoms with E-state index < -0.39 is 11.8 Å². The molecule has 0 aliphatic carbocycles. The number of fused-ring (bicyclic) bond motifs is 1. The SMILES string of the molecule is COCCCNc1nc(Nc2ccc(F)c(Cl)c2)ncc1-c1ccc2ncc(C(=O)OC)cc2c1. The van der Waals surface area contributed by atoms with E-state index in [4.69, 9.17) is 21.1 Å². The van der Waals surface area contributed by atoms with Gasteiger partial charge in [-0.25, -0.2) is 14.2 Å². The molecule has 0 saturated heterocycles. The van der Waals surface area contributed by atoms with Crippen LogP contribution in [0.15, 0.2) is 54.9 Å². The maximum Gasteiger partial charge on any atom is 0.339 e. The van der Waals surface area contributed by atoms with E-state index >= 15 is 0 Å². The Morgan fingerprint density at radius 1 is 1.09 bits per heavy atom. The first-order valence-electron chi connectivity index (χ1n) is 10.8. The van der Waals surface area contributed by atoms with Crippen molar-refractivity contribution < 1.29 is 18.7 Å². The van der Waals surface area contributed by atoms with Crippen LogP contribution in [0.25, 0.3) is 22.0 Å². The Hall–Kier alpha value is -3.82. The molecule has 2 aromatic carbocycles. The fraction of sp³-hybridized carbons (Fsp3) is 0.200. The Morgan fingerprint density at radius 2 is 1.94 bits per heavy atom. The number of hydrogen-bond donors (Lipinski definition) is 2. The second kappa shape index (κ2) is 11.1. The maximum atomic E-state index is 13.5. The number of rotatable bonds is 9. The van der Waals surface area contributed by atoms with Crippen molar-refractivity contribution in [2.45, 2.75) is 6.42 Å². The van der Waals surface area contributed by atoms with Gasteiger partial charge in [0.1, 0.15) is 11.6 Å². The summed E-state index contributed by atoms with van der Waals surface area (Å²) < 4.78 is 23.4. The van der Waals surface area contributed by atoms with Gasteiger partial charge in [-0.05, 0) is 48.4 Å². The molecular weight excluding hydrogens is 473 g/mol. The van der Waals surface area contributed by atoms with Crippen LogP contribution in [0.2, 0.25) is 5.02 Å². The Bertz CT molecular complexity index is 1370. The molecule has 8 nitrogen and oxygen atoms in total. The van der Waals surface area contributed by atoms with Gasteiger partial charge >= 0.3 is 5.97 Å². The summed E-state index contributed by atoms with van der Waals surface area (Å²) in [5.74, 6) is -0.0376. The Morgan fingerprint density at radius 3 is 2.71 bits per heavy atom. The van der Waals surface area contributed by atoms with Crippen LogP contribution < -0.4 is 10.6 Å². The molecule has 0 saturated carbocycles. The zero-order chi connectivity index (χ0) is 24.8. The lowest BCUT2D eigenvalue weighted by Crippen LogP contribution is -2.09. The zero-order valence-corrected chi connectivity index (χ0v) is 19.9. The summed E-state index contributed by atoms with van der Waals surface area (Å²) in [7, 11) is 2.98. The number of methoxy groups -OCH3 is 2. The summed E-state index contributed by atoms with van der Waals surface area (Å²) in [6.45, 7) is 1.23. The zero-order valence-electron chi connectivity index (χ0n) is 19.1. The Kier molecular flexibility index (Phi) is 7.69. The van der Waals surface area contributed by atoms with Gasteiger partial charge in [0.25, 0.3) is 0 Å². The first kappa shape index (κ1) is 24.3. The van der Waals surface area contributed by atoms with Crippen molar-refractivity contribution in [1.82, 2.24) is 15.0 Å². The van der Waals surface area contributed by atoms with Gasteiger partial charge in [-0.15, -0.1) is 0 Å². The largest absolute Gasteiger partial charge is 0.465 e. The lowest BCUT2D eigenvalue weighted by molar-refractivity contribution is 0.0600. The molecule has 180 valence electrons. The van der Waals surface area contributed by atoms with Crippen molar-refractivity contribution in [1.29, 1.82) is 0 Å². The molecule has 0 aliphatic heterocycles. The van der Waals surface area contributed by atoms with E-state index in [1.54, 1.807) is 25.4 Å². The normalized spacial score (nSPS) is 10.9. The fourth-order valence-electron chi connectivity index (χ4n) is 3.44. The molecule has 0 unspecified atom stereocenters. The van der Waals surface area contributed by atoms with Crippen LogP contribution in [0.4, 0.5) is 21.8 Å². The number of ether oxygens (including phenoxy) is 2. The number of nitrogens with one attached hydrogen (secondary N) is 2. The van der Waals surface area contributed by atoms with Gasteiger partial charge in [-0.2, -0.15) is 4.98 Å². The van der Waals surface area contributed by atoms with Gasteiger partial charge in [-0.1, -0.05) is 17.7 Å². The van der Waals surface area contributed by atoms with Crippen molar-refractivity contribution in [2.75, 3.05) is 38.0 Å². The number of benzene rings is 2. The van der Waals surface area contributed by atoms with E-state index in [9.17, 15) is 9.18 Å². The molecule has 0 fully saturated rings. The maximum absolute atomic E-state index is 13.5. The number of carbonyl (C=O) groups excluding carboxylic acids is 1. The van der Waals surface area contributed by atoms with Gasteiger partial charge in [-0.3, -0.25) is 4.98 Å². The van der Waals surface area contributed by atoms with E-state index in [1.165, 1.54) is 25.4 Å². The third kappa shape index (κ3) is 5.82. The molecule has 35 heavy (non-hydrogen) atoms. The minimum absolute atomic E-state index is 0.000585. The quantitative estimate of drug-likeness (QED) is 0.233. The van der Waals surface area contributed by atoms with Crippen molar-refractivity contribution in [2.24, 2.45) is 0 Å². The molecule has 4 rings (SSSR count). The molecule has 10 heteroatoms. The Balaban J connectivity index is 1.69. The minimum atomic E-state index is -0.505. The monoisotopic (exact) mass is 495 g/mol. The van der Waals surface area contributed by atoms with Crippen molar-refractivity contribution >= 4 is 45.9 Å². The molecule has 0 spiro atoms. The predicted octanol–water partition coefficient (Wildman–Crippen LogP) is 5.46. The topological polar surface area (TPSA) is 98.3 Å². The van der Waals surface area contributed by atoms with Crippen LogP contribution in [-0.2, 0) is 9.47 Å². The summed E-state index contributed by atoms with van der Waals surface area (Å²) in [5, 5.41) is 7.16. The summed E-state index contributed by atoms with van der Waals surface area (Å²) in [6, 6.07) is 11.7. The van der Waals surface area contributed by atoms with Crippen molar-refractivity contribution in [3.05, 3.63) is 71.3 Å². The summed E-state index contributed by atoms with van der Waals surface area (Å²) in [5.41, 5.74) is 3.26. The van der Waals surface area contributed by atoms with E-state index in [0.29, 0.717) is 36.2 Å². The number of aromatic nitrogens is 3. The highest BCUT2D eigenvalue weighted by Gasteiger charge is 2.13. The second-order valence-corrected chi connectivity index (χ2v) is 8.01. The summed E-state index contributed by atoms with van der Waals surface area (Å²) in [4.78, 5) is 25.3. The number of carbonyl (C=O) groups is 1. The molecule has 2 heterocycles. The number of anilines is 3. The highest BCUT2D eigenvalue weighted by molar-refractivity contribution is 6.31. The van der Waals surface area contributed by atoms with Gasteiger partial charge in [0.15, 0.2) is 0 Å². The summed E-state index contributed by atoms with van der Waals surface area (Å²) >= 11 is 5.89. The number of pyridine rings is 1. The number of nitrogens with zero attached hydrogens (tertiary/aromatic N) is 3. The average Bonchev–Trinajstić information content (AvgIpc) is 2.88. The lowest BCUT2D eigenvalue weighted by Gasteiger charge is -2.14. The highest BCUT2D eigenvalue weighted by atomic mass is 35.5. The van der Waals surface area contributed by atoms with Gasteiger partial charge in [0, 0.05) is 49.3 Å². The van der Waals surface area contributed by atoms with Crippen LogP contribution in [-0.4, -0.2) is 48.3 Å². The molecule has 4 aromatic rings. The highest BCUT2D eigenvalue weighted by Crippen LogP contribution is 2.30. The van der Waals surface area contributed by atoms with Crippen molar-refractivity contribution in [3.8, 4) is 11.1 Å². The molecule has 0 atom stereocenters. The third-order valence-electron chi connectivity index (χ3n) is 5.20. The smallest absolute Gasteiger partial charge is 0.339 e. The number of halogens is 2. The number of hydrogen-bond acceptors (Lipinski definition) is 8.